The molecule has 0 radical (unpaired) electrons. The predicted molar refractivity (Wildman–Crippen MR) is 98.9 cm³/mol. The lowest BCUT2D eigenvalue weighted by Crippen LogP contribution is -2.37. The molecule has 2 aromatic carbocycles. The minimum Gasteiger partial charge on any atom is -0.481 e. The van der Waals surface area contributed by atoms with E-state index in [-0.39, 0.29) is 5.91 Å². The highest BCUT2D eigenvalue weighted by atomic mass is 35.5. The van der Waals surface area contributed by atoms with Crippen LogP contribution in [0.1, 0.15) is 13.3 Å². The minimum absolute atomic E-state index is 0.118. The number of hydrogen-bond donors (Lipinski definition) is 1. The molecule has 24 heavy (non-hydrogen) atoms. The molecule has 0 saturated heterocycles. The van der Waals surface area contributed by atoms with E-state index in [0.717, 1.165) is 13.0 Å². The van der Waals surface area contributed by atoms with Crippen molar-refractivity contribution in [2.45, 2.75) is 19.4 Å². The van der Waals surface area contributed by atoms with Crippen LogP contribution in [0, 0.1) is 0 Å². The van der Waals surface area contributed by atoms with Crippen LogP contribution in [0.25, 0.3) is 0 Å². The molecule has 1 atom stereocenters. The number of carbonyl (C=O) groups is 1. The first-order valence-corrected chi connectivity index (χ1v) is 8.40. The Balaban J connectivity index is 1.68. The maximum atomic E-state index is 12.1. The molecule has 0 aliphatic rings. The zero-order valence-electron chi connectivity index (χ0n) is 14.0. The van der Waals surface area contributed by atoms with Crippen LogP contribution in [0.2, 0.25) is 5.02 Å². The molecule has 1 N–H and O–H groups in total. The first kappa shape index (κ1) is 18.1. The van der Waals surface area contributed by atoms with Gasteiger partial charge < -0.3 is 15.0 Å². The van der Waals surface area contributed by atoms with Gasteiger partial charge in [-0.3, -0.25) is 4.79 Å². The number of nitrogens with one attached hydrogen (secondary N) is 1. The van der Waals surface area contributed by atoms with E-state index in [1.54, 1.807) is 31.2 Å². The third kappa shape index (κ3) is 5.78. The Labute approximate surface area is 148 Å². The van der Waals surface area contributed by atoms with E-state index in [2.05, 4.69) is 22.3 Å². The van der Waals surface area contributed by atoms with Crippen LogP contribution in [0.3, 0.4) is 0 Å². The molecule has 2 aromatic rings. The van der Waals surface area contributed by atoms with Gasteiger partial charge in [0.2, 0.25) is 0 Å². The van der Waals surface area contributed by atoms with Gasteiger partial charge in [-0.2, -0.15) is 0 Å². The molecule has 0 heterocycles. The summed E-state index contributed by atoms with van der Waals surface area (Å²) in [7, 11) is 2.05. The third-order valence-electron chi connectivity index (χ3n) is 3.66. The van der Waals surface area contributed by atoms with Crippen molar-refractivity contribution in [1.82, 2.24) is 5.32 Å². The molecule has 0 unspecified atom stereocenters. The molecular weight excluding hydrogens is 324 g/mol. The Morgan fingerprint density at radius 2 is 1.83 bits per heavy atom. The smallest absolute Gasteiger partial charge is 0.260 e. The Hall–Kier alpha value is -2.20. The van der Waals surface area contributed by atoms with Gasteiger partial charge in [0.15, 0.2) is 6.10 Å². The number of nitrogens with zero attached hydrogens (tertiary/aromatic N) is 1. The second kappa shape index (κ2) is 9.18. The normalized spacial score (nSPS) is 11.6. The maximum absolute atomic E-state index is 12.1. The molecule has 0 aliphatic heterocycles. The van der Waals surface area contributed by atoms with Gasteiger partial charge in [-0.1, -0.05) is 29.8 Å². The van der Waals surface area contributed by atoms with E-state index in [4.69, 9.17) is 16.3 Å². The van der Waals surface area contributed by atoms with Gasteiger partial charge in [0.1, 0.15) is 5.75 Å². The summed E-state index contributed by atoms with van der Waals surface area (Å²) in [5.74, 6) is 0.512. The molecule has 0 aromatic heterocycles. The summed E-state index contributed by atoms with van der Waals surface area (Å²) >= 11 is 5.83. The Morgan fingerprint density at radius 1 is 1.17 bits per heavy atom. The van der Waals surface area contributed by atoms with Crippen molar-refractivity contribution < 1.29 is 9.53 Å². The van der Waals surface area contributed by atoms with Crippen LogP contribution < -0.4 is 15.0 Å². The lowest BCUT2D eigenvalue weighted by atomic mass is 10.3. The minimum atomic E-state index is -0.543. The Kier molecular flexibility index (Phi) is 6.94. The predicted octanol–water partition coefficient (Wildman–Crippen LogP) is 3.75. The summed E-state index contributed by atoms with van der Waals surface area (Å²) in [6.07, 6.45) is 0.322. The van der Waals surface area contributed by atoms with Gasteiger partial charge in [-0.25, -0.2) is 0 Å². The number of hydrogen-bond acceptors (Lipinski definition) is 3. The maximum Gasteiger partial charge on any atom is 0.260 e. The molecular formula is C19H23ClN2O2. The van der Waals surface area contributed by atoms with Crippen molar-refractivity contribution in [2.24, 2.45) is 0 Å². The second-order valence-electron chi connectivity index (χ2n) is 5.62. The van der Waals surface area contributed by atoms with Crippen LogP contribution in [0.15, 0.2) is 54.6 Å². The molecule has 5 heteroatoms. The number of amides is 1. The van der Waals surface area contributed by atoms with Crippen LogP contribution in [0.4, 0.5) is 5.69 Å². The van der Waals surface area contributed by atoms with Crippen molar-refractivity contribution in [3.05, 3.63) is 59.6 Å². The summed E-state index contributed by atoms with van der Waals surface area (Å²) < 4.78 is 5.60. The number of rotatable bonds is 8. The lowest BCUT2D eigenvalue weighted by Gasteiger charge is -2.19. The van der Waals surface area contributed by atoms with Crippen LogP contribution >= 0.6 is 11.6 Å². The molecule has 4 nitrogen and oxygen atoms in total. The zero-order valence-corrected chi connectivity index (χ0v) is 14.8. The number of carbonyl (C=O) groups excluding carboxylic acids is 1. The molecule has 128 valence electrons. The van der Waals surface area contributed by atoms with Crippen LogP contribution in [-0.2, 0) is 4.79 Å². The van der Waals surface area contributed by atoms with Crippen LogP contribution in [-0.4, -0.2) is 32.1 Å². The van der Waals surface area contributed by atoms with E-state index in [9.17, 15) is 4.79 Å². The number of anilines is 1. The van der Waals surface area contributed by atoms with Crippen molar-refractivity contribution in [2.75, 3.05) is 25.0 Å². The molecule has 1 amide bonds. The van der Waals surface area contributed by atoms with Gasteiger partial charge in [0, 0.05) is 30.8 Å². The lowest BCUT2D eigenvalue weighted by molar-refractivity contribution is -0.127. The van der Waals surface area contributed by atoms with E-state index < -0.39 is 6.10 Å². The quantitative estimate of drug-likeness (QED) is 0.740. The van der Waals surface area contributed by atoms with Crippen molar-refractivity contribution in [3.63, 3.8) is 0 Å². The summed E-state index contributed by atoms with van der Waals surface area (Å²) in [4.78, 5) is 14.2. The fourth-order valence-corrected chi connectivity index (χ4v) is 2.38. The average molecular weight is 347 g/mol. The Morgan fingerprint density at radius 3 is 2.50 bits per heavy atom. The SMILES string of the molecule is C[C@H](Oc1ccc(Cl)cc1)C(=O)NCCCN(C)c1ccccc1. The number of ether oxygens (including phenoxy) is 1. The second-order valence-corrected chi connectivity index (χ2v) is 6.05. The average Bonchev–Trinajstić information content (AvgIpc) is 2.61. The summed E-state index contributed by atoms with van der Waals surface area (Å²) in [5, 5.41) is 3.54. The molecule has 0 spiro atoms. The van der Waals surface area contributed by atoms with E-state index in [1.807, 2.05) is 25.2 Å². The van der Waals surface area contributed by atoms with Crippen molar-refractivity contribution in [1.29, 1.82) is 0 Å². The Bertz CT molecular complexity index is 632. The summed E-state index contributed by atoms with van der Waals surface area (Å²) in [5.41, 5.74) is 1.17. The van der Waals surface area contributed by atoms with Crippen LogP contribution in [0.5, 0.6) is 5.75 Å². The monoisotopic (exact) mass is 346 g/mol. The van der Waals surface area contributed by atoms with Gasteiger partial charge in [-0.05, 0) is 49.7 Å². The van der Waals surface area contributed by atoms with Gasteiger partial charge in [0.05, 0.1) is 0 Å². The van der Waals surface area contributed by atoms with Crippen molar-refractivity contribution >= 4 is 23.2 Å². The first-order chi connectivity index (χ1) is 11.6. The highest BCUT2D eigenvalue weighted by molar-refractivity contribution is 6.30. The molecule has 0 bridgehead atoms. The van der Waals surface area contributed by atoms with Crippen molar-refractivity contribution in [3.8, 4) is 5.75 Å². The van der Waals surface area contributed by atoms with Gasteiger partial charge in [0.25, 0.3) is 5.91 Å². The summed E-state index contributed by atoms with van der Waals surface area (Å²) in [6, 6.07) is 17.2. The molecule has 0 aliphatic carbocycles. The highest BCUT2D eigenvalue weighted by Gasteiger charge is 2.14. The largest absolute Gasteiger partial charge is 0.481 e. The number of para-hydroxylation sites is 1. The topological polar surface area (TPSA) is 41.6 Å². The number of benzene rings is 2. The molecule has 0 saturated carbocycles. The van der Waals surface area contributed by atoms with Gasteiger partial charge in [-0.15, -0.1) is 0 Å². The zero-order chi connectivity index (χ0) is 17.4. The van der Waals surface area contributed by atoms with E-state index in [0.29, 0.717) is 17.3 Å². The van der Waals surface area contributed by atoms with E-state index in [1.165, 1.54) is 5.69 Å². The van der Waals surface area contributed by atoms with Gasteiger partial charge >= 0.3 is 0 Å². The fourth-order valence-electron chi connectivity index (χ4n) is 2.25. The fraction of sp³-hybridized carbons (Fsp3) is 0.316. The van der Waals surface area contributed by atoms with E-state index >= 15 is 0 Å². The number of halogens is 1. The first-order valence-electron chi connectivity index (χ1n) is 8.02. The molecule has 2 rings (SSSR count). The standard InChI is InChI=1S/C19H23ClN2O2/c1-15(24-18-11-9-16(20)10-12-18)19(23)21-13-6-14-22(2)17-7-4-3-5-8-17/h3-5,7-12,15H,6,13-14H2,1-2H3,(H,21,23)/t15-/m0/s1. The summed E-state index contributed by atoms with van der Waals surface area (Å²) in [6.45, 7) is 3.22. The highest BCUT2D eigenvalue weighted by Crippen LogP contribution is 2.16. The third-order valence-corrected chi connectivity index (χ3v) is 3.91. The molecule has 0 fully saturated rings.